The van der Waals surface area contributed by atoms with Crippen molar-refractivity contribution in [3.8, 4) is 0 Å². The molecule has 0 aromatic carbocycles. The molecule has 0 aromatic rings. The predicted molar refractivity (Wildman–Crippen MR) is 78.7 cm³/mol. The summed E-state index contributed by atoms with van der Waals surface area (Å²) < 4.78 is 23.6. The zero-order valence-corrected chi connectivity index (χ0v) is 13.4. The molecule has 1 fully saturated rings. The van der Waals surface area contributed by atoms with E-state index in [-0.39, 0.29) is 24.4 Å². The Bertz CT molecular complexity index is 425. The summed E-state index contributed by atoms with van der Waals surface area (Å²) >= 11 is 0. The standard InChI is InChI=1S/C15H25O4P/c1-3-18-20(17,19-4-2)13-9-8-12-15(14(13)16)10-6-5-7-11-15/h9H,3-8,10-12H2,1-2H3. The van der Waals surface area contributed by atoms with E-state index in [0.29, 0.717) is 5.31 Å². The van der Waals surface area contributed by atoms with E-state index in [9.17, 15) is 9.36 Å². The maximum absolute atomic E-state index is 12.9. The van der Waals surface area contributed by atoms with Gasteiger partial charge in [-0.1, -0.05) is 25.3 Å². The summed E-state index contributed by atoms with van der Waals surface area (Å²) in [5, 5.41) is 0.314. The van der Waals surface area contributed by atoms with Crippen LogP contribution in [-0.4, -0.2) is 19.0 Å². The Morgan fingerprint density at radius 2 is 1.70 bits per heavy atom. The summed E-state index contributed by atoms with van der Waals surface area (Å²) in [6.45, 7) is 4.12. The van der Waals surface area contributed by atoms with Gasteiger partial charge < -0.3 is 9.05 Å². The van der Waals surface area contributed by atoms with Gasteiger partial charge in [0.15, 0.2) is 5.78 Å². The molecule has 1 saturated carbocycles. The summed E-state index contributed by atoms with van der Waals surface area (Å²) in [4.78, 5) is 12.9. The Labute approximate surface area is 121 Å². The lowest BCUT2D eigenvalue weighted by molar-refractivity contribution is -0.127. The number of ketones is 1. The van der Waals surface area contributed by atoms with Crippen molar-refractivity contribution in [3.63, 3.8) is 0 Å². The second-order valence-electron chi connectivity index (χ2n) is 5.63. The molecule has 0 radical (unpaired) electrons. The van der Waals surface area contributed by atoms with Crippen LogP contribution in [0, 0.1) is 5.41 Å². The van der Waals surface area contributed by atoms with Crippen LogP contribution in [0.15, 0.2) is 11.4 Å². The van der Waals surface area contributed by atoms with Gasteiger partial charge in [-0.05, 0) is 39.5 Å². The van der Waals surface area contributed by atoms with Crippen LogP contribution in [0.5, 0.6) is 0 Å². The predicted octanol–water partition coefficient (Wildman–Crippen LogP) is 4.45. The highest BCUT2D eigenvalue weighted by Crippen LogP contribution is 2.61. The Kier molecular flexibility index (Phi) is 5.22. The lowest BCUT2D eigenvalue weighted by atomic mass is 9.66. The van der Waals surface area contributed by atoms with Gasteiger partial charge >= 0.3 is 7.60 Å². The van der Waals surface area contributed by atoms with Crippen LogP contribution in [0.3, 0.4) is 0 Å². The van der Waals surface area contributed by atoms with Crippen LogP contribution < -0.4 is 0 Å². The first-order valence-electron chi connectivity index (χ1n) is 7.72. The molecule has 2 aliphatic rings. The van der Waals surface area contributed by atoms with E-state index in [1.807, 2.05) is 0 Å². The molecule has 0 atom stereocenters. The number of allylic oxidation sites excluding steroid dienone is 2. The largest absolute Gasteiger partial charge is 0.364 e. The van der Waals surface area contributed by atoms with Gasteiger partial charge in [-0.25, -0.2) is 0 Å². The van der Waals surface area contributed by atoms with Crippen molar-refractivity contribution >= 4 is 13.4 Å². The molecule has 0 heterocycles. The van der Waals surface area contributed by atoms with E-state index >= 15 is 0 Å². The molecule has 0 bridgehead atoms. The monoisotopic (exact) mass is 300 g/mol. The molecule has 0 aliphatic heterocycles. The Hall–Kier alpha value is -0.440. The van der Waals surface area contributed by atoms with E-state index in [4.69, 9.17) is 9.05 Å². The van der Waals surface area contributed by atoms with Crippen LogP contribution in [0.25, 0.3) is 0 Å². The highest BCUT2D eigenvalue weighted by molar-refractivity contribution is 7.60. The lowest BCUT2D eigenvalue weighted by Gasteiger charge is -2.39. The van der Waals surface area contributed by atoms with Crippen molar-refractivity contribution < 1.29 is 18.4 Å². The molecule has 0 amide bonds. The normalized spacial score (nSPS) is 22.9. The fraction of sp³-hybridized carbons (Fsp3) is 0.800. The summed E-state index contributed by atoms with van der Waals surface area (Å²) in [6, 6.07) is 0. The molecule has 4 nitrogen and oxygen atoms in total. The second-order valence-corrected chi connectivity index (χ2v) is 7.62. The summed E-state index contributed by atoms with van der Waals surface area (Å²) in [7, 11) is -3.43. The summed E-state index contributed by atoms with van der Waals surface area (Å²) in [5.74, 6) is 0.0219. The fourth-order valence-electron chi connectivity index (χ4n) is 3.42. The third kappa shape index (κ3) is 2.93. The molecule has 0 N–H and O–H groups in total. The number of rotatable bonds is 5. The quantitative estimate of drug-likeness (QED) is 0.704. The summed E-state index contributed by atoms with van der Waals surface area (Å²) in [6.07, 6.45) is 8.68. The van der Waals surface area contributed by atoms with Crippen molar-refractivity contribution in [1.82, 2.24) is 0 Å². The number of carbonyl (C=O) groups excluding carboxylic acids is 1. The van der Waals surface area contributed by atoms with Crippen LogP contribution >= 0.6 is 7.60 Å². The van der Waals surface area contributed by atoms with Crippen molar-refractivity contribution in [2.24, 2.45) is 5.41 Å². The number of carbonyl (C=O) groups is 1. The van der Waals surface area contributed by atoms with Crippen molar-refractivity contribution in [1.29, 1.82) is 0 Å². The van der Waals surface area contributed by atoms with Gasteiger partial charge in [0.2, 0.25) is 0 Å². The average molecular weight is 300 g/mol. The van der Waals surface area contributed by atoms with E-state index in [2.05, 4.69) is 0 Å². The Balaban J connectivity index is 2.28. The topological polar surface area (TPSA) is 52.6 Å². The first-order chi connectivity index (χ1) is 9.58. The second kappa shape index (κ2) is 6.55. The van der Waals surface area contributed by atoms with Gasteiger partial charge in [0.25, 0.3) is 0 Å². The maximum Gasteiger partial charge on any atom is 0.364 e. The molecular formula is C15H25O4P. The Morgan fingerprint density at radius 3 is 2.25 bits per heavy atom. The van der Waals surface area contributed by atoms with E-state index in [1.165, 1.54) is 6.42 Å². The Morgan fingerprint density at radius 1 is 1.10 bits per heavy atom. The van der Waals surface area contributed by atoms with Gasteiger partial charge in [-0.2, -0.15) is 0 Å². The third-order valence-electron chi connectivity index (χ3n) is 4.38. The minimum absolute atomic E-state index is 0.0219. The van der Waals surface area contributed by atoms with Crippen molar-refractivity contribution in [2.45, 2.75) is 58.8 Å². The van der Waals surface area contributed by atoms with Gasteiger partial charge in [0, 0.05) is 5.41 Å². The van der Waals surface area contributed by atoms with Crippen LogP contribution in [0.2, 0.25) is 0 Å². The summed E-state index contributed by atoms with van der Waals surface area (Å²) in [5.41, 5.74) is -0.299. The molecule has 0 unspecified atom stereocenters. The van der Waals surface area contributed by atoms with Crippen LogP contribution in [0.1, 0.15) is 58.8 Å². The van der Waals surface area contributed by atoms with E-state index in [0.717, 1.165) is 38.5 Å². The first kappa shape index (κ1) is 15.9. The smallest absolute Gasteiger partial charge is 0.305 e. The lowest BCUT2D eigenvalue weighted by Crippen LogP contribution is -2.37. The van der Waals surface area contributed by atoms with Crippen molar-refractivity contribution in [2.75, 3.05) is 13.2 Å². The molecule has 0 saturated heterocycles. The maximum atomic E-state index is 12.9. The molecule has 1 spiro atoms. The van der Waals surface area contributed by atoms with Crippen molar-refractivity contribution in [3.05, 3.63) is 11.4 Å². The number of hydrogen-bond acceptors (Lipinski definition) is 4. The zero-order valence-electron chi connectivity index (χ0n) is 12.5. The average Bonchev–Trinajstić information content (AvgIpc) is 2.43. The van der Waals surface area contributed by atoms with Gasteiger partial charge in [0.1, 0.15) is 5.31 Å². The molecule has 20 heavy (non-hydrogen) atoms. The molecule has 114 valence electrons. The van der Waals surface area contributed by atoms with Gasteiger partial charge in [-0.15, -0.1) is 0 Å². The molecule has 2 aliphatic carbocycles. The highest BCUT2D eigenvalue weighted by atomic mass is 31.2. The first-order valence-corrected chi connectivity index (χ1v) is 9.27. The number of hydrogen-bond donors (Lipinski definition) is 0. The van der Waals surface area contributed by atoms with E-state index in [1.54, 1.807) is 19.9 Å². The third-order valence-corrected chi connectivity index (χ3v) is 6.55. The molecule has 2 rings (SSSR count). The van der Waals surface area contributed by atoms with Crippen LogP contribution in [-0.2, 0) is 18.4 Å². The number of Topliss-reactive ketones (excluding diaryl/α,β-unsaturated/α-hetero) is 1. The molecule has 0 aromatic heterocycles. The van der Waals surface area contributed by atoms with Gasteiger partial charge in [0.05, 0.1) is 13.2 Å². The minimum Gasteiger partial charge on any atom is -0.305 e. The minimum atomic E-state index is -3.43. The van der Waals surface area contributed by atoms with Gasteiger partial charge in [-0.3, -0.25) is 9.36 Å². The van der Waals surface area contributed by atoms with E-state index < -0.39 is 7.60 Å². The van der Waals surface area contributed by atoms with Crippen LogP contribution in [0.4, 0.5) is 0 Å². The fourth-order valence-corrected chi connectivity index (χ4v) is 5.29. The molecular weight excluding hydrogens is 275 g/mol. The SMILES string of the molecule is CCOP(=O)(OCC)C1=CCCC2(CCCCC2)C1=O. The highest BCUT2D eigenvalue weighted by Gasteiger charge is 2.48. The zero-order chi connectivity index (χ0) is 14.6. The molecule has 5 heteroatoms.